The Labute approximate surface area is 412 Å². The molecule has 0 radical (unpaired) electrons. The molecule has 0 amide bonds. The van der Waals surface area contributed by atoms with Crippen molar-refractivity contribution in [3.8, 4) is 17.4 Å². The number of carbonyl (C=O) groups is 1. The van der Waals surface area contributed by atoms with Gasteiger partial charge in [0, 0.05) is 18.6 Å². The molecule has 0 bridgehead atoms. The van der Waals surface area contributed by atoms with Crippen LogP contribution in [0.4, 0.5) is 5.95 Å². The molecular weight excluding hydrogens is 908 g/mol. The molecule has 1 N–H and O–H groups in total. The molecule has 1 unspecified atom stereocenters. The van der Waals surface area contributed by atoms with Crippen molar-refractivity contribution in [2.75, 3.05) is 45.9 Å². The van der Waals surface area contributed by atoms with E-state index < -0.39 is 44.6 Å². The van der Waals surface area contributed by atoms with Crippen LogP contribution in [0.25, 0.3) is 11.2 Å². The average molecular weight is 973 g/mol. The Hall–Kier alpha value is -6.19. The number of nitrogens with one attached hydrogen (secondary N) is 1. The van der Waals surface area contributed by atoms with Crippen LogP contribution in [0.15, 0.2) is 141 Å². The first kappa shape index (κ1) is 51.7. The Morgan fingerprint density at radius 3 is 1.96 bits per heavy atom. The summed E-state index contributed by atoms with van der Waals surface area (Å²) >= 11 is 0. The largest absolute Gasteiger partial charge is 0.497 e. The fourth-order valence-electron chi connectivity index (χ4n) is 8.41. The molecule has 2 aromatic heterocycles. The van der Waals surface area contributed by atoms with Gasteiger partial charge in [0.05, 0.1) is 39.3 Å². The molecule has 4 aromatic carbocycles. The monoisotopic (exact) mass is 972 g/mol. The Morgan fingerprint density at radius 2 is 1.40 bits per heavy atom. The van der Waals surface area contributed by atoms with Gasteiger partial charge in [-0.25, -0.2) is 14.4 Å². The number of fused-ring (bicyclic) bond motifs is 1. The van der Waals surface area contributed by atoms with Crippen LogP contribution in [0.3, 0.4) is 0 Å². The molecular formula is C54H65N6O9P. The van der Waals surface area contributed by atoms with E-state index >= 15 is 0 Å². The smallest absolute Gasteiger partial charge is 0.338 e. The highest BCUT2D eigenvalue weighted by Gasteiger charge is 2.52. The van der Waals surface area contributed by atoms with Crippen LogP contribution in [0.5, 0.6) is 17.4 Å². The third-order valence-electron chi connectivity index (χ3n) is 11.6. The molecule has 6 aromatic rings. The van der Waals surface area contributed by atoms with Crippen molar-refractivity contribution < 1.29 is 42.3 Å². The lowest BCUT2D eigenvalue weighted by Crippen LogP contribution is -2.57. The molecule has 70 heavy (non-hydrogen) atoms. The molecule has 1 aliphatic rings. The van der Waals surface area contributed by atoms with E-state index in [1.54, 1.807) is 61.5 Å². The van der Waals surface area contributed by atoms with E-state index in [1.807, 2.05) is 84.9 Å². The van der Waals surface area contributed by atoms with Crippen molar-refractivity contribution in [3.63, 3.8) is 0 Å². The van der Waals surface area contributed by atoms with Crippen LogP contribution in [-0.2, 0) is 28.9 Å². The molecule has 1 aliphatic heterocycles. The number of esters is 1. The summed E-state index contributed by atoms with van der Waals surface area (Å²) in [5, 5.41) is 3.35. The molecule has 0 aliphatic carbocycles. The molecule has 0 saturated carbocycles. The van der Waals surface area contributed by atoms with Crippen LogP contribution < -0.4 is 19.5 Å². The first-order chi connectivity index (χ1) is 33.9. The number of hydrogen-bond acceptors (Lipinski definition) is 14. The van der Waals surface area contributed by atoms with Gasteiger partial charge in [0.1, 0.15) is 29.8 Å². The molecule has 0 spiro atoms. The minimum atomic E-state index is -1.92. The van der Waals surface area contributed by atoms with Gasteiger partial charge in [-0.3, -0.25) is 4.57 Å². The molecule has 1 saturated heterocycles. The fraction of sp³-hybridized carbons (Fsp3) is 0.370. The zero-order chi connectivity index (χ0) is 49.8. The SMILES string of the molecule is C=CCOc1nc(NCC(C)C)nc2c1ncn2[C@@H]1OC[C@@H](OC(c2ccccc2)(c2ccc(OC)cc2)c2ccc(OC)cc2)[C@@H](OC(=O)c2ccccc2)[C@H]1OP(OCC=C)N(C(C)C)C(C)C. The number of imidazole rings is 1. The molecule has 1 fully saturated rings. The maximum Gasteiger partial charge on any atom is 0.338 e. The van der Waals surface area contributed by atoms with Crippen molar-refractivity contribution in [2.45, 2.75) is 83.8 Å². The first-order valence-electron chi connectivity index (χ1n) is 23.5. The van der Waals surface area contributed by atoms with Gasteiger partial charge in [-0.15, -0.1) is 6.58 Å². The second kappa shape index (κ2) is 24.1. The van der Waals surface area contributed by atoms with Gasteiger partial charge < -0.3 is 42.8 Å². The average Bonchev–Trinajstić information content (AvgIpc) is 3.80. The van der Waals surface area contributed by atoms with E-state index in [-0.39, 0.29) is 43.7 Å². The number of carbonyl (C=O) groups excluding carboxylic acids is 1. The lowest BCUT2D eigenvalue weighted by Gasteiger charge is -2.47. The molecule has 15 nitrogen and oxygen atoms in total. The van der Waals surface area contributed by atoms with E-state index in [9.17, 15) is 4.79 Å². The zero-order valence-electron chi connectivity index (χ0n) is 41.3. The van der Waals surface area contributed by atoms with E-state index in [0.717, 1.165) is 16.7 Å². The van der Waals surface area contributed by atoms with Gasteiger partial charge >= 0.3 is 5.97 Å². The van der Waals surface area contributed by atoms with E-state index in [1.165, 1.54) is 0 Å². The van der Waals surface area contributed by atoms with Crippen LogP contribution in [0.1, 0.15) is 74.8 Å². The Bertz CT molecular complexity index is 2560. The van der Waals surface area contributed by atoms with Crippen LogP contribution in [0, 0.1) is 5.92 Å². The Kier molecular flexibility index (Phi) is 17.8. The number of rotatable bonds is 24. The number of methoxy groups -OCH3 is 2. The van der Waals surface area contributed by atoms with E-state index in [2.05, 4.69) is 64.7 Å². The van der Waals surface area contributed by atoms with Crippen molar-refractivity contribution >= 4 is 31.6 Å². The van der Waals surface area contributed by atoms with Gasteiger partial charge in [0.2, 0.25) is 11.8 Å². The molecule has 16 heteroatoms. The van der Waals surface area contributed by atoms with Crippen LogP contribution in [-0.4, -0.2) is 101 Å². The summed E-state index contributed by atoms with van der Waals surface area (Å²) in [5.41, 5.74) is 2.10. The number of hydrogen-bond donors (Lipinski definition) is 1. The summed E-state index contributed by atoms with van der Waals surface area (Å²) in [7, 11) is 1.33. The highest BCUT2D eigenvalue weighted by molar-refractivity contribution is 7.44. The van der Waals surface area contributed by atoms with Crippen LogP contribution >= 0.6 is 8.53 Å². The molecule has 370 valence electrons. The summed E-state index contributed by atoms with van der Waals surface area (Å²) in [5.74, 6) is 1.61. The predicted molar refractivity (Wildman–Crippen MR) is 272 cm³/mol. The van der Waals surface area contributed by atoms with Gasteiger partial charge in [-0.05, 0) is 86.7 Å². The highest BCUT2D eigenvalue weighted by atomic mass is 31.2. The highest BCUT2D eigenvalue weighted by Crippen LogP contribution is 2.52. The maximum absolute atomic E-state index is 14.7. The lowest BCUT2D eigenvalue weighted by molar-refractivity contribution is -0.234. The third-order valence-corrected chi connectivity index (χ3v) is 13.7. The first-order valence-corrected chi connectivity index (χ1v) is 24.7. The summed E-state index contributed by atoms with van der Waals surface area (Å²) in [6.07, 6.45) is 0.562. The summed E-state index contributed by atoms with van der Waals surface area (Å²) in [6.45, 7) is 21.2. The minimum absolute atomic E-state index is 0.0342. The van der Waals surface area contributed by atoms with Gasteiger partial charge in [-0.1, -0.05) is 105 Å². The number of aromatic nitrogens is 4. The topological polar surface area (TPSA) is 150 Å². The fourth-order valence-corrected chi connectivity index (χ4v) is 10.1. The number of nitrogens with zero attached hydrogens (tertiary/aromatic N) is 5. The summed E-state index contributed by atoms with van der Waals surface area (Å²) in [6, 6.07) is 34.2. The lowest BCUT2D eigenvalue weighted by atomic mass is 9.79. The standard InChI is InChI=1S/C54H65N6O9P/c1-11-31-64-50-46-49(57-53(58-50)55-33-36(3)4)59(35-56-46)51-48(69-70(66-32-12-2)60(37(5)6)38(7)8)47(67-52(61)39-19-15-13-16-20-39)45(34-65-51)68-54(40-21-17-14-18-22-40,41-23-27-43(62-9)28-24-41)42-25-29-44(63-10)30-26-42/h11-30,35-38,45,47-48,51H,1-2,31-34H2,3-10H3,(H,55,57,58)/t45-,47-,48-,51-,70?/m1/s1. The summed E-state index contributed by atoms with van der Waals surface area (Å²) < 4.78 is 57.0. The second-order valence-electron chi connectivity index (χ2n) is 17.6. The normalized spacial score (nSPS) is 17.7. The van der Waals surface area contributed by atoms with Crippen molar-refractivity contribution in [1.29, 1.82) is 0 Å². The maximum atomic E-state index is 14.7. The van der Waals surface area contributed by atoms with Gasteiger partial charge in [-0.2, -0.15) is 9.97 Å². The van der Waals surface area contributed by atoms with Gasteiger partial charge in [0.15, 0.2) is 29.6 Å². The van der Waals surface area contributed by atoms with Gasteiger partial charge in [0.25, 0.3) is 8.53 Å². The van der Waals surface area contributed by atoms with Crippen LogP contribution in [0.2, 0.25) is 0 Å². The number of anilines is 1. The number of benzene rings is 4. The van der Waals surface area contributed by atoms with E-state index in [4.69, 9.17) is 52.4 Å². The van der Waals surface area contributed by atoms with E-state index in [0.29, 0.717) is 40.7 Å². The van der Waals surface area contributed by atoms with Crippen molar-refractivity contribution in [3.05, 3.63) is 163 Å². The molecule has 5 atom stereocenters. The molecule has 7 rings (SSSR count). The third kappa shape index (κ3) is 11.7. The zero-order valence-corrected chi connectivity index (χ0v) is 42.2. The Morgan fingerprint density at radius 1 is 0.814 bits per heavy atom. The minimum Gasteiger partial charge on any atom is -0.497 e. The summed E-state index contributed by atoms with van der Waals surface area (Å²) in [4.78, 5) is 29.2. The predicted octanol–water partition coefficient (Wildman–Crippen LogP) is 10.5. The quantitative estimate of drug-likeness (QED) is 0.0265. The number of ether oxygens (including phenoxy) is 6. The Balaban J connectivity index is 1.48. The second-order valence-corrected chi connectivity index (χ2v) is 19.0. The molecule has 3 heterocycles. The van der Waals surface area contributed by atoms with Crippen molar-refractivity contribution in [1.82, 2.24) is 24.2 Å². The van der Waals surface area contributed by atoms with Crippen molar-refractivity contribution in [2.24, 2.45) is 5.92 Å².